The van der Waals surface area contributed by atoms with Crippen molar-refractivity contribution in [2.75, 3.05) is 0 Å². The number of hydrogen-bond donors (Lipinski definition) is 0. The minimum atomic E-state index is -0.0805. The Morgan fingerprint density at radius 1 is 1.46 bits per heavy atom. The first-order valence-electron chi connectivity index (χ1n) is 4.06. The molecule has 0 aromatic carbocycles. The first-order chi connectivity index (χ1) is 5.95. The van der Waals surface area contributed by atoms with Crippen molar-refractivity contribution < 1.29 is 4.79 Å². The molecule has 1 heterocycles. The summed E-state index contributed by atoms with van der Waals surface area (Å²) in [7, 11) is 0. The van der Waals surface area contributed by atoms with Crippen molar-refractivity contribution in [3.05, 3.63) is 28.5 Å². The second-order valence-corrected chi connectivity index (χ2v) is 4.35. The first kappa shape index (κ1) is 10.2. The van der Waals surface area contributed by atoms with Crippen molar-refractivity contribution in [1.82, 2.24) is 4.98 Å². The Bertz CT molecular complexity index is 328. The molecule has 0 unspecified atom stereocenters. The van der Waals surface area contributed by atoms with Gasteiger partial charge in [-0.15, -0.1) is 0 Å². The molecule has 13 heavy (non-hydrogen) atoms. The largest absolute Gasteiger partial charge is 0.298 e. The van der Waals surface area contributed by atoms with Crippen molar-refractivity contribution in [3.63, 3.8) is 0 Å². The van der Waals surface area contributed by atoms with Crippen LogP contribution in [0.3, 0.4) is 0 Å². The van der Waals surface area contributed by atoms with Crippen LogP contribution >= 0.6 is 11.6 Å². The van der Waals surface area contributed by atoms with Gasteiger partial charge in [-0.25, -0.2) is 4.98 Å². The van der Waals surface area contributed by atoms with Crippen LogP contribution in [0.1, 0.15) is 36.7 Å². The maximum absolute atomic E-state index is 10.7. The summed E-state index contributed by atoms with van der Waals surface area (Å²) in [6, 6.07) is 1.74. The summed E-state index contributed by atoms with van der Waals surface area (Å²) >= 11 is 5.75. The highest BCUT2D eigenvalue weighted by atomic mass is 35.5. The van der Waals surface area contributed by atoms with Crippen molar-refractivity contribution in [2.45, 2.75) is 26.2 Å². The van der Waals surface area contributed by atoms with E-state index in [1.54, 1.807) is 6.07 Å². The fourth-order valence-electron chi connectivity index (χ4n) is 1.18. The van der Waals surface area contributed by atoms with E-state index >= 15 is 0 Å². The third kappa shape index (κ3) is 2.28. The second kappa shape index (κ2) is 3.46. The molecule has 0 saturated carbocycles. The van der Waals surface area contributed by atoms with Gasteiger partial charge in [0.1, 0.15) is 5.15 Å². The third-order valence-electron chi connectivity index (χ3n) is 1.84. The van der Waals surface area contributed by atoms with Gasteiger partial charge >= 0.3 is 0 Å². The summed E-state index contributed by atoms with van der Waals surface area (Å²) in [6.07, 6.45) is 2.32. The van der Waals surface area contributed by atoms with E-state index in [-0.39, 0.29) is 5.41 Å². The van der Waals surface area contributed by atoms with E-state index in [0.717, 1.165) is 11.8 Å². The summed E-state index contributed by atoms with van der Waals surface area (Å²) in [6.45, 7) is 6.10. The lowest BCUT2D eigenvalue weighted by Gasteiger charge is -2.20. The van der Waals surface area contributed by atoms with Crippen molar-refractivity contribution >= 4 is 17.9 Å². The second-order valence-electron chi connectivity index (χ2n) is 3.96. The Morgan fingerprint density at radius 3 is 2.54 bits per heavy atom. The molecule has 0 saturated heterocycles. The predicted molar refractivity (Wildman–Crippen MR) is 53.3 cm³/mol. The Balaban J connectivity index is 3.32. The van der Waals surface area contributed by atoms with E-state index in [9.17, 15) is 4.79 Å². The lowest BCUT2D eigenvalue weighted by Crippen LogP contribution is -2.14. The Morgan fingerprint density at radius 2 is 2.08 bits per heavy atom. The molecule has 0 aliphatic heterocycles. The number of carbonyl (C=O) groups excluding carboxylic acids is 1. The highest BCUT2D eigenvalue weighted by Crippen LogP contribution is 2.26. The number of hydrogen-bond acceptors (Lipinski definition) is 2. The Kier molecular flexibility index (Phi) is 2.71. The molecule has 0 aliphatic rings. The van der Waals surface area contributed by atoms with Gasteiger partial charge in [-0.1, -0.05) is 32.4 Å². The van der Waals surface area contributed by atoms with E-state index in [0.29, 0.717) is 10.7 Å². The van der Waals surface area contributed by atoms with E-state index < -0.39 is 0 Å². The van der Waals surface area contributed by atoms with Crippen LogP contribution in [0.4, 0.5) is 0 Å². The molecule has 0 radical (unpaired) electrons. The quantitative estimate of drug-likeness (QED) is 0.512. The number of carbonyl (C=O) groups is 1. The summed E-state index contributed by atoms with van der Waals surface area (Å²) < 4.78 is 0. The van der Waals surface area contributed by atoms with Crippen molar-refractivity contribution in [2.24, 2.45) is 0 Å². The molecule has 1 aromatic heterocycles. The first-order valence-corrected chi connectivity index (χ1v) is 4.44. The molecule has 3 heteroatoms. The highest BCUT2D eigenvalue weighted by molar-refractivity contribution is 6.29. The fraction of sp³-hybridized carbons (Fsp3) is 0.400. The number of aromatic nitrogens is 1. The molecular weight excluding hydrogens is 186 g/mol. The highest BCUT2D eigenvalue weighted by Gasteiger charge is 2.18. The number of pyridine rings is 1. The lowest BCUT2D eigenvalue weighted by molar-refractivity contribution is 0.112. The molecule has 0 spiro atoms. The lowest BCUT2D eigenvalue weighted by atomic mass is 9.85. The van der Waals surface area contributed by atoms with Gasteiger partial charge in [0.25, 0.3) is 0 Å². The molecular formula is C10H12ClNO. The Hall–Kier alpha value is -0.890. The van der Waals surface area contributed by atoms with Gasteiger partial charge in [0.15, 0.2) is 6.29 Å². The molecule has 0 fully saturated rings. The van der Waals surface area contributed by atoms with E-state index in [4.69, 9.17) is 11.6 Å². The van der Waals surface area contributed by atoms with Gasteiger partial charge in [0.05, 0.1) is 0 Å². The van der Waals surface area contributed by atoms with E-state index in [2.05, 4.69) is 4.98 Å². The van der Waals surface area contributed by atoms with E-state index in [1.165, 1.54) is 6.20 Å². The van der Waals surface area contributed by atoms with Gasteiger partial charge in [-0.3, -0.25) is 4.79 Å². The molecule has 0 atom stereocenters. The maximum atomic E-state index is 10.7. The van der Waals surface area contributed by atoms with Crippen molar-refractivity contribution in [1.29, 1.82) is 0 Å². The van der Waals surface area contributed by atoms with Crippen molar-refractivity contribution in [3.8, 4) is 0 Å². The number of nitrogens with zero attached hydrogens (tertiary/aromatic N) is 1. The zero-order valence-electron chi connectivity index (χ0n) is 7.97. The van der Waals surface area contributed by atoms with Crippen LogP contribution in [-0.2, 0) is 5.41 Å². The van der Waals surface area contributed by atoms with Gasteiger partial charge in [0, 0.05) is 11.8 Å². The molecule has 0 bridgehead atoms. The van der Waals surface area contributed by atoms with Crippen LogP contribution in [0.2, 0.25) is 5.15 Å². The number of aldehydes is 1. The number of halogens is 1. The summed E-state index contributed by atoms with van der Waals surface area (Å²) in [4.78, 5) is 14.6. The summed E-state index contributed by atoms with van der Waals surface area (Å²) in [5, 5.41) is 0.426. The molecule has 1 rings (SSSR count). The molecule has 1 aromatic rings. The standard InChI is InChI=1S/C10H12ClNO/c1-10(2,3)8-4-9(11)12-5-7(8)6-13/h4-6H,1-3H3. The number of rotatable bonds is 1. The Labute approximate surface area is 82.9 Å². The molecule has 70 valence electrons. The monoisotopic (exact) mass is 197 g/mol. The third-order valence-corrected chi connectivity index (χ3v) is 2.04. The maximum Gasteiger partial charge on any atom is 0.151 e. The van der Waals surface area contributed by atoms with Crippen LogP contribution in [0.15, 0.2) is 12.3 Å². The van der Waals surface area contributed by atoms with Crippen LogP contribution in [0.25, 0.3) is 0 Å². The van der Waals surface area contributed by atoms with Gasteiger partial charge in [-0.2, -0.15) is 0 Å². The van der Waals surface area contributed by atoms with Gasteiger partial charge < -0.3 is 0 Å². The average Bonchev–Trinajstić information content (AvgIpc) is 2.03. The van der Waals surface area contributed by atoms with Gasteiger partial charge in [0.2, 0.25) is 0 Å². The van der Waals surface area contributed by atoms with Crippen LogP contribution < -0.4 is 0 Å². The fourth-order valence-corrected chi connectivity index (χ4v) is 1.34. The van der Waals surface area contributed by atoms with Gasteiger partial charge in [-0.05, 0) is 17.0 Å². The zero-order valence-corrected chi connectivity index (χ0v) is 8.72. The van der Waals surface area contributed by atoms with Crippen LogP contribution in [0, 0.1) is 0 Å². The SMILES string of the molecule is CC(C)(C)c1cc(Cl)ncc1C=O. The molecule has 0 N–H and O–H groups in total. The molecule has 0 amide bonds. The molecule has 0 aliphatic carbocycles. The smallest absolute Gasteiger partial charge is 0.151 e. The summed E-state index contributed by atoms with van der Waals surface area (Å²) in [5.41, 5.74) is 1.46. The van der Waals surface area contributed by atoms with Crippen LogP contribution in [0.5, 0.6) is 0 Å². The zero-order chi connectivity index (χ0) is 10.1. The average molecular weight is 198 g/mol. The van der Waals surface area contributed by atoms with Crippen LogP contribution in [-0.4, -0.2) is 11.3 Å². The normalized spacial score (nSPS) is 11.4. The minimum absolute atomic E-state index is 0.0805. The predicted octanol–water partition coefficient (Wildman–Crippen LogP) is 2.85. The van der Waals surface area contributed by atoms with E-state index in [1.807, 2.05) is 20.8 Å². The molecule has 2 nitrogen and oxygen atoms in total. The summed E-state index contributed by atoms with van der Waals surface area (Å²) in [5.74, 6) is 0. The topological polar surface area (TPSA) is 30.0 Å². The minimum Gasteiger partial charge on any atom is -0.298 e.